The molecule has 6 nitrogen and oxygen atoms in total. The molecule has 5 rings (SSSR count). The number of ketones is 1. The van der Waals surface area contributed by atoms with Crippen LogP contribution >= 0.6 is 0 Å². The van der Waals surface area contributed by atoms with Gasteiger partial charge in [0.15, 0.2) is 5.78 Å². The number of amides is 1. The van der Waals surface area contributed by atoms with Crippen molar-refractivity contribution >= 4 is 17.7 Å². The third-order valence-electron chi connectivity index (χ3n) is 13.0. The second-order valence-corrected chi connectivity index (χ2v) is 15.4. The quantitative estimate of drug-likeness (QED) is 0.333. The van der Waals surface area contributed by atoms with E-state index in [1.807, 2.05) is 19.9 Å². The lowest BCUT2D eigenvalue weighted by Crippen LogP contribution is -2.68. The summed E-state index contributed by atoms with van der Waals surface area (Å²) in [6.45, 7) is 23.3. The van der Waals surface area contributed by atoms with Crippen LogP contribution in [0.2, 0.25) is 0 Å². The molecule has 1 amide bonds. The van der Waals surface area contributed by atoms with Gasteiger partial charge in [0.1, 0.15) is 0 Å². The van der Waals surface area contributed by atoms with Gasteiger partial charge in [-0.3, -0.25) is 9.59 Å². The molecule has 208 valence electrons. The van der Waals surface area contributed by atoms with E-state index in [4.69, 9.17) is 11.3 Å². The molecule has 0 aromatic rings. The summed E-state index contributed by atoms with van der Waals surface area (Å²) in [7, 11) is 1.50. The Hall–Kier alpha value is -2.16. The summed E-state index contributed by atoms with van der Waals surface area (Å²) in [6.07, 6.45) is 8.42. The maximum atomic E-state index is 13.9. The van der Waals surface area contributed by atoms with Crippen LogP contribution in [-0.4, -0.2) is 30.8 Å². The molecule has 0 spiro atoms. The number of fused-ring (bicyclic) bond motifs is 7. The van der Waals surface area contributed by atoms with E-state index >= 15 is 0 Å². The molecule has 4 fully saturated rings. The van der Waals surface area contributed by atoms with Crippen LogP contribution in [0.25, 0.3) is 4.85 Å². The van der Waals surface area contributed by atoms with Crippen molar-refractivity contribution in [3.05, 3.63) is 23.2 Å². The van der Waals surface area contributed by atoms with Gasteiger partial charge in [0.2, 0.25) is 11.6 Å². The summed E-state index contributed by atoms with van der Waals surface area (Å²) in [5.41, 5.74) is -1.77. The third kappa shape index (κ3) is 3.32. The van der Waals surface area contributed by atoms with Gasteiger partial charge in [0.25, 0.3) is 0 Å². The first-order valence-corrected chi connectivity index (χ1v) is 14.6. The van der Waals surface area contributed by atoms with Gasteiger partial charge in [-0.15, -0.1) is 0 Å². The fourth-order valence-electron chi connectivity index (χ4n) is 10.6. The molecule has 1 saturated heterocycles. The highest BCUT2D eigenvalue weighted by Gasteiger charge is 2.71. The molecule has 3 saturated carbocycles. The highest BCUT2D eigenvalue weighted by Crippen LogP contribution is 2.72. The Morgan fingerprint density at radius 2 is 1.63 bits per heavy atom. The Bertz CT molecular complexity index is 1160. The average molecular weight is 523 g/mol. The highest BCUT2D eigenvalue weighted by atomic mass is 16.5. The van der Waals surface area contributed by atoms with Gasteiger partial charge in [-0.05, 0) is 84.4 Å². The largest absolute Gasteiger partial charge is 0.469 e. The Morgan fingerprint density at radius 3 is 2.26 bits per heavy atom. The van der Waals surface area contributed by atoms with Crippen molar-refractivity contribution in [2.75, 3.05) is 7.11 Å². The Labute approximate surface area is 228 Å². The number of allylic oxidation sites excluding steroid dienone is 2. The molecule has 0 aromatic carbocycles. The lowest BCUT2D eigenvalue weighted by atomic mass is 9.36. The maximum Gasteiger partial charge on any atom is 0.312 e. The zero-order chi connectivity index (χ0) is 28.1. The predicted octanol–water partition coefficient (Wildman–Crippen LogP) is 6.11. The fourth-order valence-corrected chi connectivity index (χ4v) is 10.6. The maximum absolute atomic E-state index is 13.9. The first-order chi connectivity index (χ1) is 17.5. The van der Waals surface area contributed by atoms with Gasteiger partial charge in [-0.25, -0.2) is 4.85 Å². The summed E-state index contributed by atoms with van der Waals surface area (Å²) >= 11 is 0. The van der Waals surface area contributed by atoms with E-state index in [9.17, 15) is 14.4 Å². The van der Waals surface area contributed by atoms with Crippen molar-refractivity contribution in [3.63, 3.8) is 0 Å². The number of carbonyl (C=O) groups excluding carboxylic acids is 3. The first-order valence-electron chi connectivity index (χ1n) is 14.6. The SMILES string of the molecule is [C-]#[N+]C1=C[C@]2(C)[C@H]3CC(=O)N[C@@H]4[C@@H]5CC(C)(C)CC[C@]5(C(=O)OC)CC[C@@]4(C)[C@]3(C)CC[C@H]2C(C)(C)C1=O. The molecule has 0 bridgehead atoms. The van der Waals surface area contributed by atoms with Crippen LogP contribution in [0, 0.1) is 56.8 Å². The van der Waals surface area contributed by atoms with E-state index in [0.717, 1.165) is 44.9 Å². The van der Waals surface area contributed by atoms with Crippen molar-refractivity contribution in [1.82, 2.24) is 5.32 Å². The monoisotopic (exact) mass is 522 g/mol. The van der Waals surface area contributed by atoms with E-state index < -0.39 is 16.2 Å². The summed E-state index contributed by atoms with van der Waals surface area (Å²) < 4.78 is 5.44. The number of hydrogen-bond donors (Lipinski definition) is 1. The van der Waals surface area contributed by atoms with Crippen LogP contribution in [0.1, 0.15) is 99.8 Å². The van der Waals surface area contributed by atoms with Crippen molar-refractivity contribution in [2.45, 2.75) is 106 Å². The molecule has 4 aliphatic carbocycles. The smallest absolute Gasteiger partial charge is 0.312 e. The molecule has 5 aliphatic rings. The van der Waals surface area contributed by atoms with Gasteiger partial charge in [-0.1, -0.05) is 54.5 Å². The van der Waals surface area contributed by atoms with Gasteiger partial charge in [-0.2, -0.15) is 0 Å². The minimum atomic E-state index is -0.645. The normalized spacial score (nSPS) is 47.0. The van der Waals surface area contributed by atoms with Gasteiger partial charge >= 0.3 is 5.97 Å². The molecule has 0 unspecified atom stereocenters. The van der Waals surface area contributed by atoms with Gasteiger partial charge in [0, 0.05) is 17.9 Å². The molecular weight excluding hydrogens is 476 g/mol. The Kier molecular flexibility index (Phi) is 5.90. The number of esters is 1. The number of hydrogen-bond acceptors (Lipinski definition) is 4. The van der Waals surface area contributed by atoms with E-state index in [2.05, 4.69) is 44.8 Å². The Balaban J connectivity index is 1.67. The number of rotatable bonds is 1. The summed E-state index contributed by atoms with van der Waals surface area (Å²) in [6, 6.07) is -0.125. The minimum absolute atomic E-state index is 0.00453. The van der Waals surface area contributed by atoms with E-state index in [1.54, 1.807) is 0 Å². The third-order valence-corrected chi connectivity index (χ3v) is 13.0. The molecule has 6 heteroatoms. The van der Waals surface area contributed by atoms with Gasteiger partial charge in [0.05, 0.1) is 19.1 Å². The van der Waals surface area contributed by atoms with Crippen LogP contribution < -0.4 is 5.32 Å². The number of methoxy groups -OCH3 is 1. The van der Waals surface area contributed by atoms with Gasteiger partial charge < -0.3 is 14.8 Å². The highest BCUT2D eigenvalue weighted by molar-refractivity contribution is 6.02. The Morgan fingerprint density at radius 1 is 0.974 bits per heavy atom. The van der Waals surface area contributed by atoms with E-state index in [1.165, 1.54) is 7.11 Å². The molecular formula is C32H46N2O4. The van der Waals surface area contributed by atoms with Crippen LogP contribution in [0.15, 0.2) is 11.8 Å². The van der Waals surface area contributed by atoms with Crippen LogP contribution in [0.4, 0.5) is 0 Å². The van der Waals surface area contributed by atoms with Crippen molar-refractivity contribution in [1.29, 1.82) is 0 Å². The second-order valence-electron chi connectivity index (χ2n) is 15.4. The number of Topliss-reactive ketones (excluding diaryl/α,β-unsaturated/α-hetero) is 1. The van der Waals surface area contributed by atoms with Crippen molar-refractivity contribution in [3.8, 4) is 0 Å². The van der Waals surface area contributed by atoms with Crippen LogP contribution in [0.5, 0.6) is 0 Å². The second kappa shape index (κ2) is 8.18. The standard InChI is InChI=1S/C32H46N2O4/c1-27(2)12-14-32(26(37)38-9)15-13-31(7)24(19(32)17-27)34-23(35)16-22-29(5)18-20(33-8)25(36)28(3,4)21(29)10-11-30(22,31)6/h18-19,21-22,24H,10-17H2,1-7,9H3,(H,34,35)/t19-,21-,22+,24+,29-,30+,31+,32-/m0/s1. The lowest BCUT2D eigenvalue weighted by molar-refractivity contribution is -0.194. The number of nitrogens with zero attached hydrogens (tertiary/aromatic N) is 1. The van der Waals surface area contributed by atoms with Crippen molar-refractivity contribution in [2.24, 2.45) is 50.2 Å². The summed E-state index contributed by atoms with van der Waals surface area (Å²) in [5.74, 6) is -0.0612. The fraction of sp³-hybridized carbons (Fsp3) is 0.812. The summed E-state index contributed by atoms with van der Waals surface area (Å²) in [4.78, 5) is 44.3. The summed E-state index contributed by atoms with van der Waals surface area (Å²) in [5, 5.41) is 3.52. The minimum Gasteiger partial charge on any atom is -0.469 e. The number of ether oxygens (including phenoxy) is 1. The first kappa shape index (κ1) is 27.4. The number of carbonyl (C=O) groups is 3. The van der Waals surface area contributed by atoms with Crippen LogP contribution in [0.3, 0.4) is 0 Å². The van der Waals surface area contributed by atoms with E-state index in [-0.39, 0.29) is 63.4 Å². The molecule has 1 aliphatic heterocycles. The molecule has 1 heterocycles. The van der Waals surface area contributed by atoms with Crippen LogP contribution in [-0.2, 0) is 19.1 Å². The lowest BCUT2D eigenvalue weighted by Gasteiger charge is -2.68. The zero-order valence-corrected chi connectivity index (χ0v) is 24.6. The molecule has 38 heavy (non-hydrogen) atoms. The predicted molar refractivity (Wildman–Crippen MR) is 145 cm³/mol. The molecule has 0 aromatic heterocycles. The zero-order valence-electron chi connectivity index (χ0n) is 24.6. The topological polar surface area (TPSA) is 76.8 Å². The van der Waals surface area contributed by atoms with E-state index in [0.29, 0.717) is 6.42 Å². The number of nitrogens with one attached hydrogen (secondary N) is 1. The average Bonchev–Trinajstić information content (AvgIpc) is 2.93. The van der Waals surface area contributed by atoms with Crippen molar-refractivity contribution < 1.29 is 19.1 Å². The molecule has 1 N–H and O–H groups in total. The molecule has 8 atom stereocenters. The molecule has 0 radical (unpaired) electrons.